The molecule has 21 heavy (non-hydrogen) atoms. The zero-order valence-corrected chi connectivity index (χ0v) is 12.3. The second-order valence-electron chi connectivity index (χ2n) is 5.37. The van der Waals surface area contributed by atoms with Gasteiger partial charge in [0.15, 0.2) is 11.2 Å². The number of fused-ring (bicyclic) bond motifs is 3. The SMILES string of the molecule is Cc1c(C)n2c3c(=O)[nH]c(=O)n(C)c3nc2n1C[C@H](C)O. The molecule has 0 aliphatic rings. The summed E-state index contributed by atoms with van der Waals surface area (Å²) in [6.07, 6.45) is -0.541. The van der Waals surface area contributed by atoms with Crippen LogP contribution in [0.5, 0.6) is 0 Å². The summed E-state index contributed by atoms with van der Waals surface area (Å²) in [5, 5.41) is 9.65. The number of aliphatic hydroxyl groups excluding tert-OH is 1. The van der Waals surface area contributed by atoms with Crippen LogP contribution >= 0.6 is 0 Å². The number of aliphatic hydroxyl groups is 1. The molecule has 112 valence electrons. The summed E-state index contributed by atoms with van der Waals surface area (Å²) in [7, 11) is 1.56. The molecule has 3 heterocycles. The van der Waals surface area contributed by atoms with E-state index in [1.54, 1.807) is 18.4 Å². The van der Waals surface area contributed by atoms with Crippen molar-refractivity contribution in [1.82, 2.24) is 23.5 Å². The Balaban J connectivity index is 2.55. The molecule has 3 aromatic heterocycles. The van der Waals surface area contributed by atoms with Crippen molar-refractivity contribution in [3.8, 4) is 0 Å². The molecule has 2 N–H and O–H groups in total. The highest BCUT2D eigenvalue weighted by Crippen LogP contribution is 2.20. The van der Waals surface area contributed by atoms with Gasteiger partial charge in [-0.1, -0.05) is 0 Å². The van der Waals surface area contributed by atoms with Crippen LogP contribution in [0.15, 0.2) is 9.59 Å². The number of H-pyrrole nitrogens is 1. The van der Waals surface area contributed by atoms with E-state index >= 15 is 0 Å². The number of aromatic amines is 1. The lowest BCUT2D eigenvalue weighted by molar-refractivity contribution is 0.174. The Morgan fingerprint density at radius 1 is 1.29 bits per heavy atom. The minimum atomic E-state index is -0.541. The molecule has 0 spiro atoms. The van der Waals surface area contributed by atoms with Crippen LogP contribution in [-0.4, -0.2) is 34.7 Å². The summed E-state index contributed by atoms with van der Waals surface area (Å²) in [6, 6.07) is 0. The van der Waals surface area contributed by atoms with Crippen LogP contribution in [-0.2, 0) is 13.6 Å². The van der Waals surface area contributed by atoms with Gasteiger partial charge in [0.25, 0.3) is 5.56 Å². The van der Waals surface area contributed by atoms with Crippen molar-refractivity contribution in [3.05, 3.63) is 32.2 Å². The summed E-state index contributed by atoms with van der Waals surface area (Å²) >= 11 is 0. The summed E-state index contributed by atoms with van der Waals surface area (Å²) in [4.78, 5) is 30.5. The second-order valence-corrected chi connectivity index (χ2v) is 5.37. The highest BCUT2D eigenvalue weighted by atomic mass is 16.3. The summed E-state index contributed by atoms with van der Waals surface area (Å²) in [5.41, 5.74) is 1.51. The Morgan fingerprint density at radius 2 is 1.95 bits per heavy atom. The Labute approximate surface area is 119 Å². The van der Waals surface area contributed by atoms with Gasteiger partial charge in [0.2, 0.25) is 5.78 Å². The molecule has 0 unspecified atom stereocenters. The van der Waals surface area contributed by atoms with E-state index in [1.807, 2.05) is 18.4 Å². The number of aryl methyl sites for hydroxylation is 2. The van der Waals surface area contributed by atoms with Crippen molar-refractivity contribution in [2.75, 3.05) is 0 Å². The van der Waals surface area contributed by atoms with E-state index in [-0.39, 0.29) is 0 Å². The van der Waals surface area contributed by atoms with Crippen molar-refractivity contribution in [1.29, 1.82) is 0 Å². The largest absolute Gasteiger partial charge is 0.392 e. The number of hydrogen-bond donors (Lipinski definition) is 2. The van der Waals surface area contributed by atoms with Gasteiger partial charge >= 0.3 is 5.69 Å². The van der Waals surface area contributed by atoms with Crippen LogP contribution in [0.25, 0.3) is 16.9 Å². The molecule has 8 heteroatoms. The maximum Gasteiger partial charge on any atom is 0.329 e. The third-order valence-corrected chi connectivity index (χ3v) is 3.85. The number of aromatic nitrogens is 5. The van der Waals surface area contributed by atoms with Crippen LogP contribution in [0.4, 0.5) is 0 Å². The highest BCUT2D eigenvalue weighted by Gasteiger charge is 2.20. The Hall–Kier alpha value is -2.35. The lowest BCUT2D eigenvalue weighted by Crippen LogP contribution is -2.28. The Morgan fingerprint density at radius 3 is 2.57 bits per heavy atom. The molecule has 3 rings (SSSR count). The monoisotopic (exact) mass is 291 g/mol. The molecule has 0 fully saturated rings. The predicted molar refractivity (Wildman–Crippen MR) is 77.7 cm³/mol. The molecule has 0 aromatic carbocycles. The second kappa shape index (κ2) is 4.32. The van der Waals surface area contributed by atoms with E-state index in [2.05, 4.69) is 9.97 Å². The van der Waals surface area contributed by atoms with Crippen LogP contribution in [0.3, 0.4) is 0 Å². The normalized spacial score (nSPS) is 13.4. The molecule has 0 saturated carbocycles. The fraction of sp³-hybridized carbons (Fsp3) is 0.462. The molecule has 0 aliphatic heterocycles. The third-order valence-electron chi connectivity index (χ3n) is 3.85. The van der Waals surface area contributed by atoms with Gasteiger partial charge in [-0.15, -0.1) is 0 Å². The van der Waals surface area contributed by atoms with Crippen LogP contribution in [0.1, 0.15) is 18.3 Å². The number of nitrogens with one attached hydrogen (secondary N) is 1. The maximum atomic E-state index is 12.1. The van der Waals surface area contributed by atoms with E-state index in [0.717, 1.165) is 11.4 Å². The lowest BCUT2D eigenvalue weighted by atomic mass is 10.3. The van der Waals surface area contributed by atoms with Gasteiger partial charge in [0, 0.05) is 18.4 Å². The van der Waals surface area contributed by atoms with Crippen molar-refractivity contribution in [2.45, 2.75) is 33.4 Å². The predicted octanol–water partition coefficient (Wildman–Crippen LogP) is -0.326. The lowest BCUT2D eigenvalue weighted by Gasteiger charge is -2.08. The number of nitrogens with zero attached hydrogens (tertiary/aromatic N) is 4. The van der Waals surface area contributed by atoms with E-state index in [9.17, 15) is 14.7 Å². The molecule has 0 aliphatic carbocycles. The van der Waals surface area contributed by atoms with Gasteiger partial charge < -0.3 is 9.67 Å². The van der Waals surface area contributed by atoms with E-state index in [4.69, 9.17) is 0 Å². The highest BCUT2D eigenvalue weighted by molar-refractivity contribution is 5.76. The molecule has 0 bridgehead atoms. The van der Waals surface area contributed by atoms with E-state index in [1.165, 1.54) is 4.57 Å². The molecule has 8 nitrogen and oxygen atoms in total. The number of rotatable bonds is 2. The first kappa shape index (κ1) is 13.6. The Bertz CT molecular complexity index is 970. The van der Waals surface area contributed by atoms with Gasteiger partial charge in [0.05, 0.1) is 12.6 Å². The average Bonchev–Trinajstić information content (AvgIpc) is 2.89. The average molecular weight is 291 g/mol. The van der Waals surface area contributed by atoms with Gasteiger partial charge in [-0.05, 0) is 20.8 Å². The zero-order chi connectivity index (χ0) is 15.5. The molecule has 0 radical (unpaired) electrons. The van der Waals surface area contributed by atoms with Gasteiger partial charge in [-0.2, -0.15) is 4.98 Å². The third kappa shape index (κ3) is 1.75. The first-order chi connectivity index (χ1) is 9.82. The van der Waals surface area contributed by atoms with Gasteiger partial charge in [-0.25, -0.2) is 4.79 Å². The quantitative estimate of drug-likeness (QED) is 0.676. The smallest absolute Gasteiger partial charge is 0.329 e. The van der Waals surface area contributed by atoms with Gasteiger partial charge in [0.1, 0.15) is 0 Å². The summed E-state index contributed by atoms with van der Waals surface area (Å²) < 4.78 is 4.89. The fourth-order valence-electron chi connectivity index (χ4n) is 2.66. The van der Waals surface area contributed by atoms with Crippen LogP contribution in [0, 0.1) is 13.8 Å². The minimum Gasteiger partial charge on any atom is -0.392 e. The summed E-state index contributed by atoms with van der Waals surface area (Å²) in [6.45, 7) is 5.86. The molecular weight excluding hydrogens is 274 g/mol. The fourth-order valence-corrected chi connectivity index (χ4v) is 2.66. The standard InChI is InChI=1S/C13H17N5O3/c1-6(19)5-17-7(2)8(3)18-9-10(14-12(17)18)16(4)13(21)15-11(9)20/h6,19H,5H2,1-4H3,(H,15,20,21)/t6-/m0/s1. The molecule has 3 aromatic rings. The van der Waals surface area contributed by atoms with E-state index in [0.29, 0.717) is 23.5 Å². The first-order valence-electron chi connectivity index (χ1n) is 6.68. The van der Waals surface area contributed by atoms with Crippen molar-refractivity contribution < 1.29 is 5.11 Å². The minimum absolute atomic E-state index is 0.334. The summed E-state index contributed by atoms with van der Waals surface area (Å²) in [5.74, 6) is 0.549. The van der Waals surface area contributed by atoms with Crippen LogP contribution < -0.4 is 11.2 Å². The maximum absolute atomic E-state index is 12.1. The van der Waals surface area contributed by atoms with Gasteiger partial charge in [-0.3, -0.25) is 18.7 Å². The number of hydrogen-bond acceptors (Lipinski definition) is 4. The molecule has 0 amide bonds. The number of imidazole rings is 2. The first-order valence-corrected chi connectivity index (χ1v) is 6.68. The molecule has 1 atom stereocenters. The zero-order valence-electron chi connectivity index (χ0n) is 12.3. The molecule has 0 saturated heterocycles. The van der Waals surface area contributed by atoms with Crippen LogP contribution in [0.2, 0.25) is 0 Å². The van der Waals surface area contributed by atoms with Crippen molar-refractivity contribution in [2.24, 2.45) is 7.05 Å². The van der Waals surface area contributed by atoms with E-state index < -0.39 is 17.4 Å². The van der Waals surface area contributed by atoms with Crippen molar-refractivity contribution in [3.63, 3.8) is 0 Å². The molecular formula is C13H17N5O3. The Kier molecular flexibility index (Phi) is 2.80. The topological polar surface area (TPSA) is 97.3 Å². The van der Waals surface area contributed by atoms with Crippen molar-refractivity contribution >= 4 is 16.9 Å².